The third-order valence-electron chi connectivity index (χ3n) is 6.84. The van der Waals surface area contributed by atoms with E-state index in [0.717, 1.165) is 23.1 Å². The first-order chi connectivity index (χ1) is 19.5. The van der Waals surface area contributed by atoms with Crippen molar-refractivity contribution in [1.82, 2.24) is 14.7 Å². The third-order valence-corrected chi connectivity index (χ3v) is 6.84. The van der Waals surface area contributed by atoms with Gasteiger partial charge in [-0.3, -0.25) is 19.8 Å². The summed E-state index contributed by atoms with van der Waals surface area (Å²) in [4.78, 5) is 26.4. The molecule has 0 saturated heterocycles. The van der Waals surface area contributed by atoms with Crippen molar-refractivity contribution in [1.29, 1.82) is 5.26 Å². The third kappa shape index (κ3) is 5.95. The molecule has 208 valence electrons. The molecule has 1 unspecified atom stereocenters. The van der Waals surface area contributed by atoms with Gasteiger partial charge in [-0.05, 0) is 61.3 Å². The van der Waals surface area contributed by atoms with Crippen molar-refractivity contribution in [3.63, 3.8) is 0 Å². The van der Waals surface area contributed by atoms with Crippen LogP contribution in [-0.2, 0) is 6.18 Å². The van der Waals surface area contributed by atoms with Crippen molar-refractivity contribution < 1.29 is 22.9 Å². The van der Waals surface area contributed by atoms with Crippen LogP contribution in [0.4, 0.5) is 24.5 Å². The minimum absolute atomic E-state index is 0.0460. The van der Waals surface area contributed by atoms with E-state index in [1.54, 1.807) is 30.3 Å². The van der Waals surface area contributed by atoms with Gasteiger partial charge >= 0.3 is 6.18 Å². The molecule has 0 spiro atoms. The number of anilines is 1. The Morgan fingerprint density at radius 1 is 1.10 bits per heavy atom. The molecule has 3 aromatic carbocycles. The van der Waals surface area contributed by atoms with Crippen LogP contribution in [0, 0.1) is 21.4 Å². The molecule has 12 heteroatoms. The van der Waals surface area contributed by atoms with Crippen LogP contribution in [0.5, 0.6) is 0 Å². The topological polar surface area (TPSA) is 117 Å². The van der Waals surface area contributed by atoms with Crippen molar-refractivity contribution in [3.05, 3.63) is 117 Å². The van der Waals surface area contributed by atoms with E-state index in [2.05, 4.69) is 15.3 Å². The summed E-state index contributed by atoms with van der Waals surface area (Å²) in [6.07, 6.45) is -2.83. The number of nitrogens with zero attached hydrogens (tertiary/aromatic N) is 5. The number of nitro groups is 1. The minimum atomic E-state index is -4.80. The summed E-state index contributed by atoms with van der Waals surface area (Å²) in [5, 5.41) is 26.9. The first-order valence-electron chi connectivity index (χ1n) is 12.6. The van der Waals surface area contributed by atoms with E-state index in [4.69, 9.17) is 0 Å². The fourth-order valence-corrected chi connectivity index (χ4v) is 4.73. The lowest BCUT2D eigenvalue weighted by Crippen LogP contribution is -2.28. The molecule has 9 nitrogen and oxygen atoms in total. The number of amides is 1. The molecular weight excluding hydrogens is 537 g/mol. The fraction of sp³-hybridized carbons (Fsp3) is 0.207. The number of hydrogen-bond acceptors (Lipinski definition) is 6. The molecule has 0 bridgehead atoms. The number of hydrogen-bond donors (Lipinski definition) is 1. The normalized spacial score (nSPS) is 14.0. The van der Waals surface area contributed by atoms with Gasteiger partial charge in [0.2, 0.25) is 0 Å². The Morgan fingerprint density at radius 3 is 2.44 bits per heavy atom. The number of nitro benzene ring substituents is 1. The van der Waals surface area contributed by atoms with Gasteiger partial charge in [-0.25, -0.2) is 4.68 Å². The maximum absolute atomic E-state index is 13.6. The van der Waals surface area contributed by atoms with Crippen molar-refractivity contribution in [3.8, 4) is 11.8 Å². The predicted octanol–water partition coefficient (Wildman–Crippen LogP) is 6.11. The first kappa shape index (κ1) is 27.5. The van der Waals surface area contributed by atoms with Gasteiger partial charge in [-0.15, -0.1) is 0 Å². The smallest absolute Gasteiger partial charge is 0.321 e. The van der Waals surface area contributed by atoms with Gasteiger partial charge in [0.1, 0.15) is 5.69 Å². The zero-order chi connectivity index (χ0) is 29.3. The Morgan fingerprint density at radius 2 is 1.78 bits per heavy atom. The molecule has 0 radical (unpaired) electrons. The highest BCUT2D eigenvalue weighted by atomic mass is 19.4. The largest absolute Gasteiger partial charge is 0.435 e. The van der Waals surface area contributed by atoms with Gasteiger partial charge < -0.3 is 5.32 Å². The zero-order valence-corrected chi connectivity index (χ0v) is 21.7. The van der Waals surface area contributed by atoms with E-state index >= 15 is 0 Å². The summed E-state index contributed by atoms with van der Waals surface area (Å²) in [5.74, 6) is -0.838. The Labute approximate surface area is 232 Å². The van der Waals surface area contributed by atoms with Crippen LogP contribution in [0.1, 0.15) is 51.8 Å². The van der Waals surface area contributed by atoms with Crippen LogP contribution in [0.25, 0.3) is 5.69 Å². The van der Waals surface area contributed by atoms with Gasteiger partial charge in [-0.2, -0.15) is 23.5 Å². The second-order valence-electron chi connectivity index (χ2n) is 9.72. The van der Waals surface area contributed by atoms with Crippen LogP contribution < -0.4 is 5.32 Å². The minimum Gasteiger partial charge on any atom is -0.321 e. The number of aromatic nitrogens is 2. The average Bonchev–Trinajstić information content (AvgIpc) is 3.70. The molecule has 1 N–H and O–H groups in total. The Balaban J connectivity index is 1.50. The fourth-order valence-electron chi connectivity index (χ4n) is 4.73. The molecule has 1 saturated carbocycles. The Kier molecular flexibility index (Phi) is 7.30. The van der Waals surface area contributed by atoms with Crippen molar-refractivity contribution >= 4 is 17.3 Å². The Hall–Kier alpha value is -5.02. The molecule has 1 aliphatic rings. The molecule has 1 fully saturated rings. The van der Waals surface area contributed by atoms with Crippen molar-refractivity contribution in [2.24, 2.45) is 0 Å². The maximum Gasteiger partial charge on any atom is 0.435 e. The van der Waals surface area contributed by atoms with E-state index in [1.807, 2.05) is 19.2 Å². The van der Waals surface area contributed by atoms with Gasteiger partial charge in [0.25, 0.3) is 11.6 Å². The number of rotatable bonds is 8. The summed E-state index contributed by atoms with van der Waals surface area (Å²) in [5.41, 5.74) is 0.396. The molecule has 0 aliphatic heterocycles. The lowest BCUT2D eigenvalue weighted by atomic mass is 9.96. The average molecular weight is 561 g/mol. The number of alkyl halides is 3. The molecule has 4 aromatic rings. The number of carbonyl (C=O) groups excluding carboxylic acids is 1. The molecular formula is C29H23F3N6O3. The SMILES string of the molecule is CN(C1CC1)C(c1cccc(NC(=O)c2cc(C(F)(F)F)nn2-c2cccc(C#N)c2)c1)c1cccc([N+](=O)[O-])c1. The van der Waals surface area contributed by atoms with Crippen LogP contribution in [0.3, 0.4) is 0 Å². The monoisotopic (exact) mass is 560 g/mol. The van der Waals surface area contributed by atoms with Gasteiger partial charge in [-0.1, -0.05) is 30.3 Å². The quantitative estimate of drug-likeness (QED) is 0.205. The Bertz CT molecular complexity index is 1670. The number of halogens is 3. The molecule has 1 heterocycles. The van der Waals surface area contributed by atoms with E-state index in [0.29, 0.717) is 17.3 Å². The molecule has 1 atom stereocenters. The summed E-state index contributed by atoms with van der Waals surface area (Å²) >= 11 is 0. The van der Waals surface area contributed by atoms with Gasteiger partial charge in [0, 0.05) is 29.9 Å². The highest BCUT2D eigenvalue weighted by molar-refractivity contribution is 6.03. The first-order valence-corrected chi connectivity index (χ1v) is 12.6. The lowest BCUT2D eigenvalue weighted by Gasteiger charge is -2.29. The number of nitriles is 1. The van der Waals surface area contributed by atoms with E-state index < -0.39 is 22.7 Å². The summed E-state index contributed by atoms with van der Waals surface area (Å²) in [6, 6.07) is 21.4. The van der Waals surface area contributed by atoms with Crippen LogP contribution >= 0.6 is 0 Å². The van der Waals surface area contributed by atoms with Crippen molar-refractivity contribution in [2.45, 2.75) is 31.1 Å². The molecule has 1 aromatic heterocycles. The highest BCUT2D eigenvalue weighted by Crippen LogP contribution is 2.38. The second-order valence-corrected chi connectivity index (χ2v) is 9.72. The molecule has 1 aliphatic carbocycles. The molecule has 1 amide bonds. The van der Waals surface area contributed by atoms with E-state index in [9.17, 15) is 33.3 Å². The second kappa shape index (κ2) is 10.9. The van der Waals surface area contributed by atoms with Gasteiger partial charge in [0.15, 0.2) is 5.69 Å². The standard InChI is InChI=1S/C29H23F3N6O3/c1-36(22-11-12-22)27(20-7-4-10-24(15-20)38(40)41)19-6-3-8-21(14-19)34-28(39)25-16-26(29(30,31)32)35-37(25)23-9-2-5-18(13-23)17-33/h2-10,13-16,22,27H,11-12H2,1H3,(H,34,39). The highest BCUT2D eigenvalue weighted by Gasteiger charge is 2.36. The molecule has 41 heavy (non-hydrogen) atoms. The molecule has 5 rings (SSSR count). The lowest BCUT2D eigenvalue weighted by molar-refractivity contribution is -0.384. The number of nitrogens with one attached hydrogen (secondary N) is 1. The summed E-state index contributed by atoms with van der Waals surface area (Å²) in [7, 11) is 1.93. The van der Waals surface area contributed by atoms with E-state index in [1.165, 1.54) is 36.4 Å². The summed E-state index contributed by atoms with van der Waals surface area (Å²) in [6.45, 7) is 0. The number of benzene rings is 3. The van der Waals surface area contributed by atoms with Crippen LogP contribution in [0.15, 0.2) is 78.9 Å². The van der Waals surface area contributed by atoms with Gasteiger partial charge in [0.05, 0.1) is 28.3 Å². The van der Waals surface area contributed by atoms with Crippen molar-refractivity contribution in [2.75, 3.05) is 12.4 Å². The predicted molar refractivity (Wildman–Crippen MR) is 143 cm³/mol. The van der Waals surface area contributed by atoms with Crippen LogP contribution in [-0.4, -0.2) is 38.6 Å². The summed E-state index contributed by atoms with van der Waals surface area (Å²) < 4.78 is 41.5. The van der Waals surface area contributed by atoms with E-state index in [-0.39, 0.29) is 34.7 Å². The van der Waals surface area contributed by atoms with Crippen LogP contribution in [0.2, 0.25) is 0 Å². The number of carbonyl (C=O) groups is 1. The maximum atomic E-state index is 13.6. The zero-order valence-electron chi connectivity index (χ0n) is 21.7. The number of non-ortho nitro benzene ring substituents is 1.